The molecule has 0 aromatic heterocycles. The Morgan fingerprint density at radius 1 is 1.47 bits per heavy atom. The summed E-state index contributed by atoms with van der Waals surface area (Å²) in [4.78, 5) is 20.5. The molecule has 0 saturated heterocycles. The zero-order valence-corrected chi connectivity index (χ0v) is 8.45. The summed E-state index contributed by atoms with van der Waals surface area (Å²) in [6, 6.07) is 1.33. The van der Waals surface area contributed by atoms with Crippen LogP contribution in [0.5, 0.6) is 5.75 Å². The minimum absolute atomic E-state index is 0.654. The van der Waals surface area contributed by atoms with Gasteiger partial charge in [0, 0.05) is 0 Å². The second-order valence-electron chi connectivity index (χ2n) is 2.96. The molecule has 0 N–H and O–H groups in total. The molecule has 1 rings (SSSR count). The molecule has 0 aliphatic heterocycles. The molecule has 0 heterocycles. The van der Waals surface area contributed by atoms with Gasteiger partial charge in [0.25, 0.3) is 0 Å². The molecule has 0 amide bonds. The van der Waals surface area contributed by atoms with E-state index in [0.717, 1.165) is 6.92 Å². The smallest absolute Gasteiger partial charge is 0.387 e. The van der Waals surface area contributed by atoms with Gasteiger partial charge in [-0.05, 0) is 19.1 Å². The zero-order valence-electron chi connectivity index (χ0n) is 8.45. The number of nitro groups is 1. The number of ether oxygens (including phenoxy) is 1. The van der Waals surface area contributed by atoms with Crippen molar-refractivity contribution in [2.24, 2.45) is 0 Å². The van der Waals surface area contributed by atoms with Crippen LogP contribution in [-0.2, 0) is 0 Å². The van der Waals surface area contributed by atoms with Crippen molar-refractivity contribution in [1.82, 2.24) is 0 Å². The zero-order chi connectivity index (χ0) is 13.2. The molecule has 5 nitrogen and oxygen atoms in total. The number of nitro benzene ring substituents is 1. The summed E-state index contributed by atoms with van der Waals surface area (Å²) in [6.45, 7) is -2.42. The number of benzene rings is 1. The van der Waals surface area contributed by atoms with E-state index >= 15 is 0 Å². The molecule has 0 atom stereocenters. The second kappa shape index (κ2) is 4.81. The number of nitrogens with zero attached hydrogens (tertiary/aromatic N) is 1. The van der Waals surface area contributed by atoms with Crippen molar-refractivity contribution in [3.05, 3.63) is 33.6 Å². The van der Waals surface area contributed by atoms with Crippen LogP contribution in [0.2, 0.25) is 0 Å². The molecule has 0 fully saturated rings. The van der Waals surface area contributed by atoms with Gasteiger partial charge in [0.15, 0.2) is 5.78 Å². The summed E-state index contributed by atoms with van der Waals surface area (Å²) in [5, 5.41) is 10.6. The third kappa shape index (κ3) is 2.71. The first-order valence-electron chi connectivity index (χ1n) is 4.27. The van der Waals surface area contributed by atoms with Gasteiger partial charge in [-0.15, -0.1) is 0 Å². The van der Waals surface area contributed by atoms with Crippen molar-refractivity contribution in [3.63, 3.8) is 0 Å². The van der Waals surface area contributed by atoms with E-state index in [4.69, 9.17) is 0 Å². The third-order valence-corrected chi connectivity index (χ3v) is 1.84. The van der Waals surface area contributed by atoms with Gasteiger partial charge in [-0.1, -0.05) is 0 Å². The Labute approximate surface area is 93.0 Å². The topological polar surface area (TPSA) is 69.4 Å². The summed E-state index contributed by atoms with van der Waals surface area (Å²) in [7, 11) is 0. The third-order valence-electron chi connectivity index (χ3n) is 1.84. The lowest BCUT2D eigenvalue weighted by Crippen LogP contribution is -2.09. The molecule has 1 aromatic carbocycles. The predicted octanol–water partition coefficient (Wildman–Crippen LogP) is 2.54. The summed E-state index contributed by atoms with van der Waals surface area (Å²) >= 11 is 0. The van der Waals surface area contributed by atoms with Crippen LogP contribution in [-0.4, -0.2) is 17.3 Å². The Morgan fingerprint density at radius 2 is 2.06 bits per heavy atom. The van der Waals surface area contributed by atoms with E-state index < -0.39 is 40.1 Å². The molecular formula is C9H6F3NO4. The minimum atomic E-state index is -3.31. The quantitative estimate of drug-likeness (QED) is 0.467. The van der Waals surface area contributed by atoms with E-state index in [-0.39, 0.29) is 0 Å². The van der Waals surface area contributed by atoms with Crippen LogP contribution in [0.25, 0.3) is 0 Å². The van der Waals surface area contributed by atoms with Gasteiger partial charge in [0.1, 0.15) is 11.4 Å². The van der Waals surface area contributed by atoms with E-state index in [2.05, 4.69) is 4.74 Å². The Hall–Kier alpha value is -2.12. The number of Topliss-reactive ketones (excluding diaryl/α,β-unsaturated/α-hetero) is 1. The van der Waals surface area contributed by atoms with Crippen LogP contribution in [0.3, 0.4) is 0 Å². The van der Waals surface area contributed by atoms with Crippen molar-refractivity contribution in [2.75, 3.05) is 0 Å². The van der Waals surface area contributed by atoms with Crippen molar-refractivity contribution in [1.29, 1.82) is 0 Å². The fourth-order valence-electron chi connectivity index (χ4n) is 1.25. The molecule has 0 radical (unpaired) electrons. The van der Waals surface area contributed by atoms with Crippen molar-refractivity contribution in [2.45, 2.75) is 13.5 Å². The Balaban J connectivity index is 3.47. The van der Waals surface area contributed by atoms with Crippen LogP contribution in [0.1, 0.15) is 17.3 Å². The molecule has 92 valence electrons. The van der Waals surface area contributed by atoms with Gasteiger partial charge in [0.2, 0.25) is 5.75 Å². The molecule has 0 spiro atoms. The van der Waals surface area contributed by atoms with Crippen molar-refractivity contribution >= 4 is 11.5 Å². The molecule has 0 unspecified atom stereocenters. The lowest BCUT2D eigenvalue weighted by Gasteiger charge is -2.07. The molecule has 0 bridgehead atoms. The summed E-state index contributed by atoms with van der Waals surface area (Å²) in [5.41, 5.74) is -1.98. The predicted molar refractivity (Wildman–Crippen MR) is 49.7 cm³/mol. The fraction of sp³-hybridized carbons (Fsp3) is 0.222. The number of carbonyl (C=O) groups excluding carboxylic acids is 1. The van der Waals surface area contributed by atoms with Gasteiger partial charge < -0.3 is 4.74 Å². The van der Waals surface area contributed by atoms with Gasteiger partial charge in [-0.2, -0.15) is 8.78 Å². The maximum absolute atomic E-state index is 13.2. The summed E-state index contributed by atoms with van der Waals surface area (Å²) < 4.78 is 41.0. The first-order chi connectivity index (χ1) is 7.84. The van der Waals surface area contributed by atoms with Crippen LogP contribution < -0.4 is 4.74 Å². The van der Waals surface area contributed by atoms with Crippen LogP contribution in [0.4, 0.5) is 18.9 Å². The van der Waals surface area contributed by atoms with Gasteiger partial charge >= 0.3 is 12.3 Å². The van der Waals surface area contributed by atoms with E-state index in [1.165, 1.54) is 0 Å². The summed E-state index contributed by atoms with van der Waals surface area (Å²) in [5.74, 6) is -2.96. The van der Waals surface area contributed by atoms with Gasteiger partial charge in [-0.25, -0.2) is 4.39 Å². The summed E-state index contributed by atoms with van der Waals surface area (Å²) in [6.07, 6.45) is 0. The Kier molecular flexibility index (Phi) is 3.66. The van der Waals surface area contributed by atoms with Crippen molar-refractivity contribution < 1.29 is 27.6 Å². The van der Waals surface area contributed by atoms with E-state index in [0.29, 0.717) is 12.1 Å². The van der Waals surface area contributed by atoms with Crippen molar-refractivity contribution in [3.8, 4) is 5.75 Å². The minimum Gasteiger partial charge on any atom is -0.427 e. The highest BCUT2D eigenvalue weighted by atomic mass is 19.3. The lowest BCUT2D eigenvalue weighted by molar-refractivity contribution is -0.386. The Morgan fingerprint density at radius 3 is 2.47 bits per heavy atom. The van der Waals surface area contributed by atoms with Crippen LogP contribution >= 0.6 is 0 Å². The fourth-order valence-corrected chi connectivity index (χ4v) is 1.25. The van der Waals surface area contributed by atoms with Crippen LogP contribution in [0, 0.1) is 15.9 Å². The lowest BCUT2D eigenvalue weighted by atomic mass is 10.1. The first-order valence-corrected chi connectivity index (χ1v) is 4.27. The molecule has 0 aliphatic rings. The highest BCUT2D eigenvalue weighted by molar-refractivity contribution is 5.99. The largest absolute Gasteiger partial charge is 0.427 e. The average Bonchev–Trinajstić information content (AvgIpc) is 2.18. The monoisotopic (exact) mass is 249 g/mol. The SMILES string of the molecule is CC(=O)c1c(F)ccc(OC(F)F)c1[N+](=O)[O-]. The second-order valence-corrected chi connectivity index (χ2v) is 2.96. The highest BCUT2D eigenvalue weighted by Crippen LogP contribution is 2.34. The molecular weight excluding hydrogens is 243 g/mol. The molecule has 8 heteroatoms. The molecule has 0 aliphatic carbocycles. The standard InChI is InChI=1S/C9H6F3NO4/c1-4(14)7-5(10)2-3-6(17-9(11)12)8(7)13(15)16/h2-3,9H,1H3. The maximum atomic E-state index is 13.2. The Bertz CT molecular complexity index is 476. The van der Waals surface area contributed by atoms with E-state index in [1.54, 1.807) is 0 Å². The number of alkyl halides is 2. The number of carbonyl (C=O) groups is 1. The number of hydrogen-bond acceptors (Lipinski definition) is 4. The van der Waals surface area contributed by atoms with E-state index in [1.807, 2.05) is 0 Å². The van der Waals surface area contributed by atoms with E-state index in [9.17, 15) is 28.1 Å². The first kappa shape index (κ1) is 12.9. The van der Waals surface area contributed by atoms with Crippen LogP contribution in [0.15, 0.2) is 12.1 Å². The molecule has 17 heavy (non-hydrogen) atoms. The molecule has 0 saturated carbocycles. The highest BCUT2D eigenvalue weighted by Gasteiger charge is 2.29. The average molecular weight is 249 g/mol. The molecule has 1 aromatic rings. The number of halogens is 3. The number of rotatable bonds is 4. The van der Waals surface area contributed by atoms with Gasteiger partial charge in [0.05, 0.1) is 4.92 Å². The van der Waals surface area contributed by atoms with Gasteiger partial charge in [-0.3, -0.25) is 14.9 Å². The normalized spacial score (nSPS) is 10.4. The number of ketones is 1. The number of hydrogen-bond donors (Lipinski definition) is 0. The maximum Gasteiger partial charge on any atom is 0.387 e.